The summed E-state index contributed by atoms with van der Waals surface area (Å²) in [6, 6.07) is 0. The lowest BCUT2D eigenvalue weighted by atomic mass is 9.82. The van der Waals surface area contributed by atoms with Gasteiger partial charge in [0.2, 0.25) is 0 Å². The van der Waals surface area contributed by atoms with E-state index in [-0.39, 0.29) is 17.9 Å². The van der Waals surface area contributed by atoms with Crippen LogP contribution in [0.1, 0.15) is 54.4 Å². The molecule has 0 fully saturated rings. The Morgan fingerprint density at radius 3 is 1.56 bits per heavy atom. The third kappa shape index (κ3) is 9.83. The fourth-order valence-corrected chi connectivity index (χ4v) is 1.52. The smallest absolute Gasteiger partial charge is 0.151 e. The van der Waals surface area contributed by atoms with Gasteiger partial charge in [-0.2, -0.15) is 0 Å². The molecule has 0 saturated heterocycles. The molecule has 0 spiro atoms. The summed E-state index contributed by atoms with van der Waals surface area (Å²) in [6.45, 7) is 11.7. The molecule has 0 rings (SSSR count). The molecular formula is C14H32O4. The third-order valence-corrected chi connectivity index (χ3v) is 3.15. The third-order valence-electron chi connectivity index (χ3n) is 3.15. The minimum absolute atomic E-state index is 0.0341. The molecule has 18 heavy (non-hydrogen) atoms. The van der Waals surface area contributed by atoms with Gasteiger partial charge in [-0.05, 0) is 11.8 Å². The Labute approximate surface area is 112 Å². The van der Waals surface area contributed by atoms with Crippen molar-refractivity contribution >= 4 is 0 Å². The van der Waals surface area contributed by atoms with Crippen molar-refractivity contribution in [3.8, 4) is 0 Å². The Bertz CT molecular complexity index is 190. The van der Waals surface area contributed by atoms with Gasteiger partial charge in [-0.25, -0.2) is 0 Å². The molecule has 0 radical (unpaired) electrons. The van der Waals surface area contributed by atoms with E-state index in [4.69, 9.17) is 15.3 Å². The number of hydrogen-bond donors (Lipinski definition) is 4. The molecule has 0 aliphatic carbocycles. The fourth-order valence-electron chi connectivity index (χ4n) is 1.52. The largest absolute Gasteiger partial charge is 0.396 e. The molecule has 0 amide bonds. The topological polar surface area (TPSA) is 80.9 Å². The van der Waals surface area contributed by atoms with E-state index in [1.54, 1.807) is 0 Å². The van der Waals surface area contributed by atoms with Crippen LogP contribution in [0.5, 0.6) is 0 Å². The summed E-state index contributed by atoms with van der Waals surface area (Å²) in [6.07, 6.45) is -0.0313. The lowest BCUT2D eigenvalue weighted by Crippen LogP contribution is -2.36. The molecule has 2 atom stereocenters. The SMILES string of the molecule is CC(C)C(O)C(C)(C)CO.CCC(C)CC(O)O. The summed E-state index contributed by atoms with van der Waals surface area (Å²) in [5.74, 6) is 0.636. The van der Waals surface area contributed by atoms with E-state index in [0.29, 0.717) is 12.3 Å². The van der Waals surface area contributed by atoms with Crippen LogP contribution in [-0.2, 0) is 0 Å². The van der Waals surface area contributed by atoms with Crippen LogP contribution in [0, 0.1) is 17.3 Å². The van der Waals surface area contributed by atoms with Gasteiger partial charge < -0.3 is 20.4 Å². The maximum atomic E-state index is 9.49. The zero-order chi connectivity index (χ0) is 14.9. The first-order valence-corrected chi connectivity index (χ1v) is 6.73. The van der Waals surface area contributed by atoms with Crippen LogP contribution in [0.4, 0.5) is 0 Å². The summed E-state index contributed by atoms with van der Waals surface area (Å²) in [5, 5.41) is 35.2. The van der Waals surface area contributed by atoms with Crippen LogP contribution in [0.15, 0.2) is 0 Å². The van der Waals surface area contributed by atoms with E-state index in [0.717, 1.165) is 6.42 Å². The van der Waals surface area contributed by atoms with Gasteiger partial charge in [-0.3, -0.25) is 0 Å². The van der Waals surface area contributed by atoms with Crippen molar-refractivity contribution in [1.29, 1.82) is 0 Å². The highest BCUT2D eigenvalue weighted by molar-refractivity contribution is 4.78. The minimum Gasteiger partial charge on any atom is -0.396 e. The average Bonchev–Trinajstić information content (AvgIpc) is 2.27. The zero-order valence-corrected chi connectivity index (χ0v) is 12.7. The number of hydrogen-bond acceptors (Lipinski definition) is 4. The van der Waals surface area contributed by atoms with Gasteiger partial charge in [0, 0.05) is 11.8 Å². The van der Waals surface area contributed by atoms with Gasteiger partial charge in [-0.15, -0.1) is 0 Å². The Balaban J connectivity index is 0. The van der Waals surface area contributed by atoms with Crippen molar-refractivity contribution in [3.63, 3.8) is 0 Å². The molecule has 4 N–H and O–H groups in total. The average molecular weight is 264 g/mol. The first-order chi connectivity index (χ1) is 8.08. The van der Waals surface area contributed by atoms with Crippen molar-refractivity contribution < 1.29 is 20.4 Å². The lowest BCUT2D eigenvalue weighted by molar-refractivity contribution is -0.0547. The number of aliphatic hydroxyl groups excluding tert-OH is 3. The second-order valence-corrected chi connectivity index (χ2v) is 6.07. The summed E-state index contributed by atoms with van der Waals surface area (Å²) >= 11 is 0. The quantitative estimate of drug-likeness (QED) is 0.551. The van der Waals surface area contributed by atoms with E-state index < -0.39 is 12.4 Å². The zero-order valence-electron chi connectivity index (χ0n) is 12.7. The predicted molar refractivity (Wildman–Crippen MR) is 74.0 cm³/mol. The van der Waals surface area contributed by atoms with Crippen LogP contribution in [0.3, 0.4) is 0 Å². The lowest BCUT2D eigenvalue weighted by Gasteiger charge is -2.30. The second-order valence-electron chi connectivity index (χ2n) is 6.07. The standard InChI is InChI=1S/C8H18O2.C6H14O2/c1-6(2)7(10)8(3,4)5-9;1-3-5(2)4-6(7)8/h6-7,9-10H,5H2,1-4H3;5-8H,3-4H2,1-2H3. The summed E-state index contributed by atoms with van der Waals surface area (Å²) in [5.41, 5.74) is -0.367. The van der Waals surface area contributed by atoms with E-state index in [1.807, 2.05) is 41.5 Å². The normalized spacial score (nSPS) is 15.3. The molecule has 2 unspecified atom stereocenters. The monoisotopic (exact) mass is 264 g/mol. The minimum atomic E-state index is -1.12. The highest BCUT2D eigenvalue weighted by Crippen LogP contribution is 2.24. The Morgan fingerprint density at radius 1 is 1.00 bits per heavy atom. The second kappa shape index (κ2) is 9.73. The van der Waals surface area contributed by atoms with Crippen LogP contribution < -0.4 is 0 Å². The molecule has 0 heterocycles. The van der Waals surface area contributed by atoms with Crippen molar-refractivity contribution in [2.75, 3.05) is 6.61 Å². The van der Waals surface area contributed by atoms with Crippen molar-refractivity contribution in [2.24, 2.45) is 17.3 Å². The molecule has 0 aliphatic rings. The summed E-state index contributed by atoms with van der Waals surface area (Å²) < 4.78 is 0. The first kappa shape index (κ1) is 20.2. The van der Waals surface area contributed by atoms with E-state index in [1.165, 1.54) is 0 Å². The van der Waals surface area contributed by atoms with Crippen molar-refractivity contribution in [1.82, 2.24) is 0 Å². The summed E-state index contributed by atoms with van der Waals surface area (Å²) in [7, 11) is 0. The molecular weight excluding hydrogens is 232 g/mol. The highest BCUT2D eigenvalue weighted by Gasteiger charge is 2.28. The van der Waals surface area contributed by atoms with Gasteiger partial charge in [0.05, 0.1) is 12.7 Å². The van der Waals surface area contributed by atoms with Crippen LogP contribution in [-0.4, -0.2) is 39.4 Å². The Kier molecular flexibility index (Phi) is 10.9. The van der Waals surface area contributed by atoms with Crippen LogP contribution in [0.2, 0.25) is 0 Å². The van der Waals surface area contributed by atoms with Gasteiger partial charge in [0.15, 0.2) is 6.29 Å². The molecule has 0 aromatic heterocycles. The van der Waals surface area contributed by atoms with Gasteiger partial charge in [0.25, 0.3) is 0 Å². The molecule has 112 valence electrons. The van der Waals surface area contributed by atoms with Crippen molar-refractivity contribution in [2.45, 2.75) is 66.8 Å². The van der Waals surface area contributed by atoms with E-state index in [9.17, 15) is 5.11 Å². The number of aliphatic hydroxyl groups is 4. The van der Waals surface area contributed by atoms with E-state index >= 15 is 0 Å². The predicted octanol–water partition coefficient (Wildman–Crippen LogP) is 1.76. The van der Waals surface area contributed by atoms with Crippen molar-refractivity contribution in [3.05, 3.63) is 0 Å². The molecule has 0 saturated carbocycles. The number of rotatable bonds is 6. The van der Waals surface area contributed by atoms with Crippen LogP contribution in [0.25, 0.3) is 0 Å². The molecule has 0 bridgehead atoms. The first-order valence-electron chi connectivity index (χ1n) is 6.73. The maximum Gasteiger partial charge on any atom is 0.151 e. The van der Waals surface area contributed by atoms with Gasteiger partial charge in [-0.1, -0.05) is 48.0 Å². The highest BCUT2D eigenvalue weighted by atomic mass is 16.5. The van der Waals surface area contributed by atoms with Crippen LogP contribution >= 0.6 is 0 Å². The molecule has 4 nitrogen and oxygen atoms in total. The Morgan fingerprint density at radius 2 is 1.44 bits per heavy atom. The maximum absolute atomic E-state index is 9.49. The molecule has 4 heteroatoms. The van der Waals surface area contributed by atoms with Gasteiger partial charge in [0.1, 0.15) is 0 Å². The molecule has 0 aromatic carbocycles. The summed E-state index contributed by atoms with van der Waals surface area (Å²) in [4.78, 5) is 0. The van der Waals surface area contributed by atoms with E-state index in [2.05, 4.69) is 0 Å². The van der Waals surface area contributed by atoms with Gasteiger partial charge >= 0.3 is 0 Å². The fraction of sp³-hybridized carbons (Fsp3) is 1.00. The molecule has 0 aliphatic heterocycles. The Hall–Kier alpha value is -0.160. The molecule has 0 aromatic rings.